The molecule has 0 fully saturated rings. The minimum atomic E-state index is -0.174. The molecule has 1 heterocycles. The van der Waals surface area contributed by atoms with E-state index in [0.717, 1.165) is 31.0 Å². The monoisotopic (exact) mass is 356 g/mol. The fraction of sp³-hybridized carbons (Fsp3) is 0.400. The number of nitrogens with zero attached hydrogens (tertiary/aromatic N) is 1. The van der Waals surface area contributed by atoms with Crippen LogP contribution in [0.25, 0.3) is 0 Å². The fourth-order valence-electron chi connectivity index (χ4n) is 2.51. The molecule has 6 nitrogen and oxygen atoms in total. The number of nitrogens with one attached hydrogen (secondary N) is 3. The lowest BCUT2D eigenvalue weighted by molar-refractivity contribution is 0.0925. The number of carbonyl (C=O) groups excluding carboxylic acids is 1. The van der Waals surface area contributed by atoms with Crippen molar-refractivity contribution in [3.05, 3.63) is 59.0 Å². The van der Waals surface area contributed by atoms with Crippen molar-refractivity contribution in [2.24, 2.45) is 4.99 Å². The van der Waals surface area contributed by atoms with Gasteiger partial charge in [0, 0.05) is 25.2 Å². The molecule has 3 N–H and O–H groups in total. The molecular formula is C20H28N4O2. The standard InChI is InChI=1S/C20H28N4O2/c1-4-21-20(24-14-17-8-5-7-15(2)13-17)23-11-6-10-22-19(25)18-16(3)9-12-26-18/h5,7-9,12-13H,4,6,10-11,14H2,1-3H3,(H,22,25)(H2,21,23,24). The van der Waals surface area contributed by atoms with Crippen LogP contribution >= 0.6 is 0 Å². The molecule has 1 amide bonds. The van der Waals surface area contributed by atoms with Crippen LogP contribution in [0.5, 0.6) is 0 Å². The van der Waals surface area contributed by atoms with Gasteiger partial charge in [0.15, 0.2) is 11.7 Å². The van der Waals surface area contributed by atoms with Gasteiger partial charge in [-0.1, -0.05) is 29.8 Å². The van der Waals surface area contributed by atoms with Gasteiger partial charge in [0.05, 0.1) is 12.8 Å². The Kier molecular flexibility index (Phi) is 7.74. The molecule has 0 aliphatic carbocycles. The van der Waals surface area contributed by atoms with Gasteiger partial charge < -0.3 is 20.4 Å². The topological polar surface area (TPSA) is 78.7 Å². The Morgan fingerprint density at radius 1 is 1.12 bits per heavy atom. The van der Waals surface area contributed by atoms with Gasteiger partial charge in [-0.25, -0.2) is 4.99 Å². The number of rotatable bonds is 8. The van der Waals surface area contributed by atoms with Crippen LogP contribution in [0.3, 0.4) is 0 Å². The van der Waals surface area contributed by atoms with E-state index < -0.39 is 0 Å². The van der Waals surface area contributed by atoms with Gasteiger partial charge in [0.1, 0.15) is 0 Å². The first-order valence-electron chi connectivity index (χ1n) is 9.00. The van der Waals surface area contributed by atoms with Crippen molar-refractivity contribution >= 4 is 11.9 Å². The van der Waals surface area contributed by atoms with E-state index >= 15 is 0 Å². The smallest absolute Gasteiger partial charge is 0.287 e. The van der Waals surface area contributed by atoms with Gasteiger partial charge in [0.25, 0.3) is 5.91 Å². The number of guanidine groups is 1. The average molecular weight is 356 g/mol. The van der Waals surface area contributed by atoms with Crippen LogP contribution < -0.4 is 16.0 Å². The molecule has 0 saturated carbocycles. The summed E-state index contributed by atoms with van der Waals surface area (Å²) in [7, 11) is 0. The molecule has 26 heavy (non-hydrogen) atoms. The van der Waals surface area contributed by atoms with Gasteiger partial charge in [0.2, 0.25) is 0 Å². The first-order valence-corrected chi connectivity index (χ1v) is 9.00. The van der Waals surface area contributed by atoms with Crippen LogP contribution in [-0.4, -0.2) is 31.5 Å². The molecule has 0 spiro atoms. The second-order valence-electron chi connectivity index (χ2n) is 6.15. The van der Waals surface area contributed by atoms with Crippen molar-refractivity contribution in [1.29, 1.82) is 0 Å². The summed E-state index contributed by atoms with van der Waals surface area (Å²) >= 11 is 0. The van der Waals surface area contributed by atoms with Crippen LogP contribution in [0.4, 0.5) is 0 Å². The summed E-state index contributed by atoms with van der Waals surface area (Å²) in [5, 5.41) is 9.39. The van der Waals surface area contributed by atoms with E-state index in [-0.39, 0.29) is 5.91 Å². The van der Waals surface area contributed by atoms with Crippen LogP contribution in [0, 0.1) is 13.8 Å². The molecule has 1 aromatic carbocycles. The highest BCUT2D eigenvalue weighted by Gasteiger charge is 2.11. The quantitative estimate of drug-likeness (QED) is 0.386. The van der Waals surface area contributed by atoms with Crippen LogP contribution in [-0.2, 0) is 6.54 Å². The summed E-state index contributed by atoms with van der Waals surface area (Å²) in [5.41, 5.74) is 3.26. The number of hydrogen-bond acceptors (Lipinski definition) is 3. The maximum Gasteiger partial charge on any atom is 0.287 e. The molecule has 0 bridgehead atoms. The predicted molar refractivity (Wildman–Crippen MR) is 104 cm³/mol. The van der Waals surface area contributed by atoms with E-state index in [0.29, 0.717) is 18.8 Å². The summed E-state index contributed by atoms with van der Waals surface area (Å²) in [6, 6.07) is 10.1. The van der Waals surface area contributed by atoms with Crippen LogP contribution in [0.1, 0.15) is 40.6 Å². The van der Waals surface area contributed by atoms with Crippen molar-refractivity contribution in [3.8, 4) is 0 Å². The third-order valence-corrected chi connectivity index (χ3v) is 3.85. The van der Waals surface area contributed by atoms with Gasteiger partial charge in [-0.2, -0.15) is 0 Å². The zero-order chi connectivity index (χ0) is 18.8. The average Bonchev–Trinajstić information content (AvgIpc) is 3.05. The van der Waals surface area contributed by atoms with E-state index in [2.05, 4.69) is 46.1 Å². The summed E-state index contributed by atoms with van der Waals surface area (Å²) in [6.07, 6.45) is 2.32. The molecule has 0 aliphatic rings. The normalized spacial score (nSPS) is 11.3. The zero-order valence-corrected chi connectivity index (χ0v) is 15.8. The summed E-state index contributed by atoms with van der Waals surface area (Å²) in [6.45, 7) is 8.69. The second kappa shape index (κ2) is 10.3. The first-order chi connectivity index (χ1) is 12.6. The molecule has 0 aliphatic heterocycles. The van der Waals surface area contributed by atoms with E-state index in [9.17, 15) is 4.79 Å². The lowest BCUT2D eigenvalue weighted by Gasteiger charge is -2.11. The fourth-order valence-corrected chi connectivity index (χ4v) is 2.51. The lowest BCUT2D eigenvalue weighted by Crippen LogP contribution is -2.38. The Balaban J connectivity index is 1.73. The molecule has 0 saturated heterocycles. The van der Waals surface area contributed by atoms with Crippen LogP contribution in [0.15, 0.2) is 46.0 Å². The Morgan fingerprint density at radius 2 is 1.92 bits per heavy atom. The van der Waals surface area contributed by atoms with Gasteiger partial charge in [-0.15, -0.1) is 0 Å². The van der Waals surface area contributed by atoms with Crippen LogP contribution in [0.2, 0.25) is 0 Å². The number of aryl methyl sites for hydroxylation is 2. The number of amides is 1. The maximum atomic E-state index is 12.0. The number of benzene rings is 1. The number of furan rings is 1. The summed E-state index contributed by atoms with van der Waals surface area (Å²) < 4.78 is 5.18. The van der Waals surface area contributed by atoms with Crippen molar-refractivity contribution in [2.75, 3.05) is 19.6 Å². The number of hydrogen-bond donors (Lipinski definition) is 3. The maximum absolute atomic E-state index is 12.0. The zero-order valence-electron chi connectivity index (χ0n) is 15.8. The predicted octanol–water partition coefficient (Wildman–Crippen LogP) is 2.77. The van der Waals surface area contributed by atoms with Crippen molar-refractivity contribution < 1.29 is 9.21 Å². The highest BCUT2D eigenvalue weighted by Crippen LogP contribution is 2.08. The van der Waals surface area contributed by atoms with Crippen molar-refractivity contribution in [3.63, 3.8) is 0 Å². The molecule has 6 heteroatoms. The molecule has 0 atom stereocenters. The Hall–Kier alpha value is -2.76. The molecule has 140 valence electrons. The molecule has 0 radical (unpaired) electrons. The Bertz CT molecular complexity index is 737. The number of aliphatic imine (C=N–C) groups is 1. The summed E-state index contributed by atoms with van der Waals surface area (Å²) in [5.74, 6) is 0.987. The molecule has 2 aromatic rings. The van der Waals surface area contributed by atoms with Gasteiger partial charge >= 0.3 is 0 Å². The van der Waals surface area contributed by atoms with Crippen molar-refractivity contribution in [1.82, 2.24) is 16.0 Å². The lowest BCUT2D eigenvalue weighted by atomic mass is 10.1. The summed E-state index contributed by atoms with van der Waals surface area (Å²) in [4.78, 5) is 16.6. The SMILES string of the molecule is CCNC(=NCc1cccc(C)c1)NCCCNC(=O)c1occc1C. The minimum Gasteiger partial charge on any atom is -0.459 e. The largest absolute Gasteiger partial charge is 0.459 e. The van der Waals surface area contributed by atoms with E-state index in [1.165, 1.54) is 17.4 Å². The van der Waals surface area contributed by atoms with E-state index in [1.54, 1.807) is 6.07 Å². The third-order valence-electron chi connectivity index (χ3n) is 3.85. The molecule has 2 rings (SSSR count). The first kappa shape index (κ1) is 19.6. The second-order valence-corrected chi connectivity index (χ2v) is 6.15. The Labute approximate surface area is 155 Å². The minimum absolute atomic E-state index is 0.174. The van der Waals surface area contributed by atoms with Gasteiger partial charge in [-0.3, -0.25) is 4.79 Å². The molecule has 1 aromatic heterocycles. The molecular weight excluding hydrogens is 328 g/mol. The molecule has 0 unspecified atom stereocenters. The van der Waals surface area contributed by atoms with Gasteiger partial charge in [-0.05, 0) is 38.8 Å². The van der Waals surface area contributed by atoms with E-state index in [1.807, 2.05) is 19.9 Å². The highest BCUT2D eigenvalue weighted by atomic mass is 16.3. The third kappa shape index (κ3) is 6.27. The number of carbonyl (C=O) groups is 1. The Morgan fingerprint density at radius 3 is 2.62 bits per heavy atom. The van der Waals surface area contributed by atoms with E-state index in [4.69, 9.17) is 4.42 Å². The van der Waals surface area contributed by atoms with Crippen molar-refractivity contribution in [2.45, 2.75) is 33.7 Å². The highest BCUT2D eigenvalue weighted by molar-refractivity contribution is 5.92.